The Balaban J connectivity index is 1.78. The molecule has 0 saturated carbocycles. The third-order valence-corrected chi connectivity index (χ3v) is 4.85. The maximum absolute atomic E-state index is 11.9. The van der Waals surface area contributed by atoms with Gasteiger partial charge in [-0.1, -0.05) is 61.9 Å². The van der Waals surface area contributed by atoms with Gasteiger partial charge in [0.2, 0.25) is 0 Å². The minimum atomic E-state index is -0.528. The lowest BCUT2D eigenvalue weighted by atomic mass is 10.0. The van der Waals surface area contributed by atoms with Crippen LogP contribution in [0.25, 0.3) is 0 Å². The maximum Gasteiger partial charge on any atom is 0.372 e. The molecule has 6 nitrogen and oxygen atoms in total. The van der Waals surface area contributed by atoms with Crippen LogP contribution in [0.4, 0.5) is 0 Å². The van der Waals surface area contributed by atoms with Crippen molar-refractivity contribution in [2.45, 2.75) is 77.0 Å². The van der Waals surface area contributed by atoms with E-state index in [2.05, 4.69) is 5.16 Å². The van der Waals surface area contributed by atoms with Gasteiger partial charge in [0.1, 0.15) is 5.75 Å². The van der Waals surface area contributed by atoms with Crippen LogP contribution < -0.4 is 4.74 Å². The highest BCUT2D eigenvalue weighted by molar-refractivity contribution is 5.85. The van der Waals surface area contributed by atoms with Crippen molar-refractivity contribution in [1.82, 2.24) is 0 Å². The van der Waals surface area contributed by atoms with E-state index >= 15 is 0 Å². The van der Waals surface area contributed by atoms with E-state index in [0.29, 0.717) is 31.6 Å². The molecular formula is C23H33NO5. The molecule has 0 N–H and O–H groups in total. The normalized spacial score (nSPS) is 19.3. The summed E-state index contributed by atoms with van der Waals surface area (Å²) in [7, 11) is 0. The van der Waals surface area contributed by atoms with Crippen molar-refractivity contribution < 1.29 is 23.9 Å². The van der Waals surface area contributed by atoms with Crippen LogP contribution in [0.5, 0.6) is 5.75 Å². The average Bonchev–Trinajstić information content (AvgIpc) is 2.74. The van der Waals surface area contributed by atoms with E-state index in [4.69, 9.17) is 14.3 Å². The van der Waals surface area contributed by atoms with E-state index in [1.54, 1.807) is 12.1 Å². The third-order valence-electron chi connectivity index (χ3n) is 4.85. The quantitative estimate of drug-likeness (QED) is 0.392. The van der Waals surface area contributed by atoms with Gasteiger partial charge >= 0.3 is 11.9 Å². The Bertz CT molecular complexity index is 629. The minimum absolute atomic E-state index is 0.125. The molecule has 0 radical (unpaired) electrons. The van der Waals surface area contributed by atoms with Gasteiger partial charge in [-0.3, -0.25) is 4.79 Å². The Morgan fingerprint density at radius 2 is 1.48 bits per heavy atom. The van der Waals surface area contributed by atoms with Gasteiger partial charge in [0.15, 0.2) is 6.61 Å². The summed E-state index contributed by atoms with van der Waals surface area (Å²) in [6.45, 7) is 0.196. The summed E-state index contributed by atoms with van der Waals surface area (Å²) in [5, 5.41) is 4.06. The number of cyclic esters (lactones) is 1. The summed E-state index contributed by atoms with van der Waals surface area (Å²) in [5.74, 6) is -0.0383. The molecule has 1 aliphatic rings. The van der Waals surface area contributed by atoms with Crippen LogP contribution in [0.15, 0.2) is 35.5 Å². The first-order valence-electron chi connectivity index (χ1n) is 10.8. The first kappa shape index (κ1) is 22.9. The van der Waals surface area contributed by atoms with Gasteiger partial charge in [0.25, 0.3) is 0 Å². The molecule has 29 heavy (non-hydrogen) atoms. The monoisotopic (exact) mass is 403 g/mol. The van der Waals surface area contributed by atoms with Gasteiger partial charge in [-0.2, -0.15) is 0 Å². The van der Waals surface area contributed by atoms with Crippen LogP contribution in [-0.4, -0.2) is 30.9 Å². The second-order valence-electron chi connectivity index (χ2n) is 7.37. The predicted octanol–water partition coefficient (Wildman–Crippen LogP) is 5.20. The molecule has 1 aliphatic heterocycles. The van der Waals surface area contributed by atoms with E-state index < -0.39 is 5.97 Å². The van der Waals surface area contributed by atoms with E-state index in [-0.39, 0.29) is 12.6 Å². The maximum atomic E-state index is 11.9. The first-order chi connectivity index (χ1) is 14.2. The Kier molecular flexibility index (Phi) is 11.5. The Labute approximate surface area is 173 Å². The molecule has 0 atom stereocenters. The molecule has 0 unspecified atom stereocenters. The smallest absolute Gasteiger partial charge is 0.372 e. The SMILES string of the molecule is O=C1CCCCCCCCCC/C(=N/OC(=O)COc2ccccc2)CCCO1. The van der Waals surface area contributed by atoms with Gasteiger partial charge < -0.3 is 14.3 Å². The second-order valence-corrected chi connectivity index (χ2v) is 7.37. The number of oxime groups is 1. The third kappa shape index (κ3) is 11.3. The van der Waals surface area contributed by atoms with E-state index in [9.17, 15) is 9.59 Å². The number of hydrogen-bond donors (Lipinski definition) is 0. The summed E-state index contributed by atoms with van der Waals surface area (Å²) < 4.78 is 10.7. The highest BCUT2D eigenvalue weighted by Crippen LogP contribution is 2.14. The van der Waals surface area contributed by atoms with Gasteiger partial charge in [-0.05, 0) is 44.2 Å². The lowest BCUT2D eigenvalue weighted by molar-refractivity contribution is -0.146. The predicted molar refractivity (Wildman–Crippen MR) is 112 cm³/mol. The fraction of sp³-hybridized carbons (Fsp3) is 0.609. The van der Waals surface area contributed by atoms with Crippen molar-refractivity contribution in [1.29, 1.82) is 0 Å². The zero-order chi connectivity index (χ0) is 20.6. The van der Waals surface area contributed by atoms with Crippen molar-refractivity contribution in [3.63, 3.8) is 0 Å². The number of nitrogens with zero attached hydrogens (tertiary/aromatic N) is 1. The Hall–Kier alpha value is -2.37. The molecule has 1 heterocycles. The highest BCUT2D eigenvalue weighted by atomic mass is 16.7. The Morgan fingerprint density at radius 1 is 0.862 bits per heavy atom. The molecule has 0 amide bonds. The van der Waals surface area contributed by atoms with Crippen LogP contribution in [0.3, 0.4) is 0 Å². The number of esters is 1. The number of rotatable bonds is 4. The molecule has 1 aromatic rings. The largest absolute Gasteiger partial charge is 0.482 e. The van der Waals surface area contributed by atoms with Gasteiger partial charge in [0, 0.05) is 6.42 Å². The number of hydrogen-bond acceptors (Lipinski definition) is 6. The average molecular weight is 404 g/mol. The van der Waals surface area contributed by atoms with Crippen molar-refractivity contribution in [3.8, 4) is 5.75 Å². The molecule has 0 aromatic heterocycles. The minimum Gasteiger partial charge on any atom is -0.482 e. The summed E-state index contributed by atoms with van der Waals surface area (Å²) in [4.78, 5) is 28.7. The van der Waals surface area contributed by atoms with Crippen molar-refractivity contribution in [2.24, 2.45) is 5.16 Å². The Morgan fingerprint density at radius 3 is 2.21 bits per heavy atom. The summed E-state index contributed by atoms with van der Waals surface area (Å²) >= 11 is 0. The molecule has 2 rings (SSSR count). The second kappa shape index (κ2) is 14.6. The molecule has 1 fully saturated rings. The molecule has 1 saturated heterocycles. The van der Waals surface area contributed by atoms with Crippen LogP contribution in [0, 0.1) is 0 Å². The van der Waals surface area contributed by atoms with Gasteiger partial charge in [-0.25, -0.2) is 4.79 Å². The van der Waals surface area contributed by atoms with Crippen LogP contribution in [0.2, 0.25) is 0 Å². The van der Waals surface area contributed by atoms with Gasteiger partial charge in [-0.15, -0.1) is 0 Å². The van der Waals surface area contributed by atoms with E-state index in [1.807, 2.05) is 18.2 Å². The molecule has 0 bridgehead atoms. The molecule has 0 aliphatic carbocycles. The number of ether oxygens (including phenoxy) is 2. The standard InChI is InChI=1S/C23H33NO5/c25-22-17-11-6-4-2-1-3-5-8-13-20(14-12-18-27-22)24-29-23(26)19-28-21-15-9-7-10-16-21/h7,9-10,15-16H,1-6,8,11-14,17-19H2/b24-20-. The topological polar surface area (TPSA) is 74.2 Å². The molecular weight excluding hydrogens is 370 g/mol. The lowest BCUT2D eigenvalue weighted by Crippen LogP contribution is -2.14. The molecule has 1 aromatic carbocycles. The van der Waals surface area contributed by atoms with E-state index in [1.165, 1.54) is 25.7 Å². The van der Waals surface area contributed by atoms with Gasteiger partial charge in [0.05, 0.1) is 12.3 Å². The molecule has 160 valence electrons. The fourth-order valence-electron chi connectivity index (χ4n) is 3.21. The lowest BCUT2D eigenvalue weighted by Gasteiger charge is -2.09. The summed E-state index contributed by atoms with van der Waals surface area (Å²) in [5.41, 5.74) is 0.834. The van der Waals surface area contributed by atoms with E-state index in [0.717, 1.165) is 37.8 Å². The van der Waals surface area contributed by atoms with Crippen LogP contribution in [-0.2, 0) is 19.2 Å². The highest BCUT2D eigenvalue weighted by Gasteiger charge is 2.09. The number of carbonyl (C=O) groups is 2. The zero-order valence-corrected chi connectivity index (χ0v) is 17.3. The van der Waals surface area contributed by atoms with Crippen molar-refractivity contribution in [2.75, 3.05) is 13.2 Å². The van der Waals surface area contributed by atoms with Crippen molar-refractivity contribution in [3.05, 3.63) is 30.3 Å². The van der Waals surface area contributed by atoms with Crippen molar-refractivity contribution >= 4 is 17.7 Å². The first-order valence-corrected chi connectivity index (χ1v) is 10.8. The fourth-order valence-corrected chi connectivity index (χ4v) is 3.21. The number of carbonyl (C=O) groups excluding carboxylic acids is 2. The summed E-state index contributed by atoms with van der Waals surface area (Å²) in [6.07, 6.45) is 11.6. The zero-order valence-electron chi connectivity index (χ0n) is 17.3. The number of benzene rings is 1. The van der Waals surface area contributed by atoms with Crippen LogP contribution >= 0.6 is 0 Å². The number of para-hydroxylation sites is 1. The molecule has 6 heteroatoms. The van der Waals surface area contributed by atoms with Crippen LogP contribution in [0.1, 0.15) is 77.0 Å². The molecule has 0 spiro atoms. The summed E-state index contributed by atoms with van der Waals surface area (Å²) in [6, 6.07) is 9.12.